The summed E-state index contributed by atoms with van der Waals surface area (Å²) in [5.41, 5.74) is 8.65. The molecule has 0 aromatic heterocycles. The van der Waals surface area contributed by atoms with Crippen molar-refractivity contribution in [2.24, 2.45) is 11.7 Å². The quantitative estimate of drug-likeness (QED) is 0.530. The molecule has 0 heterocycles. The van der Waals surface area contributed by atoms with Gasteiger partial charge in [0.2, 0.25) is 0 Å². The van der Waals surface area contributed by atoms with Crippen molar-refractivity contribution in [2.75, 3.05) is 6.54 Å². The first kappa shape index (κ1) is 6.81. The standard InChI is InChI=1S/C8H15N/c1-6-3-8(5-9)4-7(6)2/h8H,3-5,9H2,1-2H3. The summed E-state index contributed by atoms with van der Waals surface area (Å²) < 4.78 is 0. The molecule has 0 radical (unpaired) electrons. The molecule has 1 nitrogen and oxygen atoms in total. The predicted octanol–water partition coefficient (Wildman–Crippen LogP) is 1.69. The molecule has 0 saturated heterocycles. The third kappa shape index (κ3) is 1.33. The average Bonchev–Trinajstić information content (AvgIpc) is 2.13. The van der Waals surface area contributed by atoms with Crippen LogP contribution in [0.5, 0.6) is 0 Å². The molecule has 0 saturated carbocycles. The van der Waals surface area contributed by atoms with Crippen LogP contribution in [0.4, 0.5) is 0 Å². The summed E-state index contributed by atoms with van der Waals surface area (Å²) in [4.78, 5) is 0. The molecule has 0 unspecified atom stereocenters. The maximum Gasteiger partial charge on any atom is -0.00427 e. The van der Waals surface area contributed by atoms with Crippen molar-refractivity contribution in [1.29, 1.82) is 0 Å². The third-order valence-corrected chi connectivity index (χ3v) is 2.25. The Hall–Kier alpha value is -0.300. The Kier molecular flexibility index (Phi) is 1.91. The molecule has 1 aliphatic rings. The largest absolute Gasteiger partial charge is 0.330 e. The molecule has 0 atom stereocenters. The normalized spacial score (nSPS) is 21.7. The summed E-state index contributed by atoms with van der Waals surface area (Å²) in [6.45, 7) is 5.28. The average molecular weight is 125 g/mol. The van der Waals surface area contributed by atoms with Gasteiger partial charge in [0, 0.05) is 0 Å². The molecule has 2 N–H and O–H groups in total. The van der Waals surface area contributed by atoms with Gasteiger partial charge >= 0.3 is 0 Å². The van der Waals surface area contributed by atoms with Gasteiger partial charge in [-0.2, -0.15) is 0 Å². The van der Waals surface area contributed by atoms with Crippen LogP contribution < -0.4 is 5.73 Å². The molecule has 0 fully saturated rings. The molecule has 0 amide bonds. The second kappa shape index (κ2) is 2.53. The van der Waals surface area contributed by atoms with E-state index in [9.17, 15) is 0 Å². The maximum absolute atomic E-state index is 5.53. The van der Waals surface area contributed by atoms with Crippen LogP contribution in [0.3, 0.4) is 0 Å². The number of hydrogen-bond donors (Lipinski definition) is 1. The van der Waals surface area contributed by atoms with Crippen molar-refractivity contribution < 1.29 is 0 Å². The van der Waals surface area contributed by atoms with Gasteiger partial charge in [0.05, 0.1) is 0 Å². The smallest absolute Gasteiger partial charge is 0.00427 e. The molecule has 0 bridgehead atoms. The van der Waals surface area contributed by atoms with Crippen LogP contribution in [-0.2, 0) is 0 Å². The lowest BCUT2D eigenvalue weighted by molar-refractivity contribution is 0.569. The summed E-state index contributed by atoms with van der Waals surface area (Å²) in [6, 6.07) is 0. The Bertz CT molecular complexity index is 122. The Balaban J connectivity index is 2.48. The van der Waals surface area contributed by atoms with Crippen LogP contribution >= 0.6 is 0 Å². The van der Waals surface area contributed by atoms with E-state index < -0.39 is 0 Å². The fraction of sp³-hybridized carbons (Fsp3) is 0.750. The highest BCUT2D eigenvalue weighted by molar-refractivity contribution is 5.17. The summed E-state index contributed by atoms with van der Waals surface area (Å²) in [7, 11) is 0. The molecule has 1 aliphatic carbocycles. The molecular formula is C8H15N. The van der Waals surface area contributed by atoms with E-state index in [1.54, 1.807) is 11.1 Å². The Morgan fingerprint density at radius 2 is 1.78 bits per heavy atom. The Morgan fingerprint density at radius 3 is 2.00 bits per heavy atom. The zero-order valence-corrected chi connectivity index (χ0v) is 6.28. The van der Waals surface area contributed by atoms with Crippen molar-refractivity contribution in [2.45, 2.75) is 26.7 Å². The van der Waals surface area contributed by atoms with E-state index in [4.69, 9.17) is 5.73 Å². The Morgan fingerprint density at radius 1 is 1.33 bits per heavy atom. The van der Waals surface area contributed by atoms with Crippen LogP contribution in [0.15, 0.2) is 11.1 Å². The molecule has 0 aromatic rings. The molecule has 0 aliphatic heterocycles. The lowest BCUT2D eigenvalue weighted by Gasteiger charge is -2.02. The first-order valence-electron chi connectivity index (χ1n) is 3.59. The fourth-order valence-electron chi connectivity index (χ4n) is 1.45. The minimum atomic E-state index is 0.755. The van der Waals surface area contributed by atoms with Gasteiger partial charge in [-0.1, -0.05) is 11.1 Å². The molecule has 0 spiro atoms. The lowest BCUT2D eigenvalue weighted by atomic mass is 10.1. The van der Waals surface area contributed by atoms with Crippen molar-refractivity contribution >= 4 is 0 Å². The van der Waals surface area contributed by atoms with Gasteiger partial charge < -0.3 is 5.73 Å². The summed E-state index contributed by atoms with van der Waals surface area (Å²) in [5.74, 6) is 0.755. The highest BCUT2D eigenvalue weighted by atomic mass is 14.6. The van der Waals surface area contributed by atoms with Crippen molar-refractivity contribution in [3.05, 3.63) is 11.1 Å². The number of hydrogen-bond acceptors (Lipinski definition) is 1. The van der Waals surface area contributed by atoms with Gasteiger partial charge in [-0.05, 0) is 39.2 Å². The van der Waals surface area contributed by atoms with Crippen LogP contribution in [0.25, 0.3) is 0 Å². The van der Waals surface area contributed by atoms with Gasteiger partial charge in [0.1, 0.15) is 0 Å². The van der Waals surface area contributed by atoms with Crippen molar-refractivity contribution in [1.82, 2.24) is 0 Å². The fourth-order valence-corrected chi connectivity index (χ4v) is 1.45. The van der Waals surface area contributed by atoms with E-state index in [0.717, 1.165) is 12.5 Å². The van der Waals surface area contributed by atoms with Crippen LogP contribution in [-0.4, -0.2) is 6.54 Å². The second-order valence-electron chi connectivity index (χ2n) is 3.07. The Labute approximate surface area is 56.9 Å². The first-order chi connectivity index (χ1) is 4.24. The van der Waals surface area contributed by atoms with E-state index in [-0.39, 0.29) is 0 Å². The van der Waals surface area contributed by atoms with Crippen LogP contribution in [0.1, 0.15) is 26.7 Å². The molecule has 1 rings (SSSR count). The molecule has 9 heavy (non-hydrogen) atoms. The van der Waals surface area contributed by atoms with Gasteiger partial charge in [0.15, 0.2) is 0 Å². The van der Waals surface area contributed by atoms with E-state index in [1.165, 1.54) is 12.8 Å². The second-order valence-corrected chi connectivity index (χ2v) is 3.07. The summed E-state index contributed by atoms with van der Waals surface area (Å²) in [6.07, 6.45) is 2.48. The van der Waals surface area contributed by atoms with E-state index in [0.29, 0.717) is 0 Å². The minimum Gasteiger partial charge on any atom is -0.330 e. The highest BCUT2D eigenvalue weighted by Crippen LogP contribution is 2.29. The lowest BCUT2D eigenvalue weighted by Crippen LogP contribution is -2.10. The minimum absolute atomic E-state index is 0.755. The van der Waals surface area contributed by atoms with Crippen LogP contribution in [0.2, 0.25) is 0 Å². The van der Waals surface area contributed by atoms with Gasteiger partial charge in [0.25, 0.3) is 0 Å². The predicted molar refractivity (Wildman–Crippen MR) is 40.2 cm³/mol. The number of rotatable bonds is 1. The van der Waals surface area contributed by atoms with Crippen molar-refractivity contribution in [3.63, 3.8) is 0 Å². The van der Waals surface area contributed by atoms with E-state index in [1.807, 2.05) is 0 Å². The highest BCUT2D eigenvalue weighted by Gasteiger charge is 2.16. The SMILES string of the molecule is CC1=C(C)CC(CN)C1. The summed E-state index contributed by atoms with van der Waals surface area (Å²) >= 11 is 0. The number of allylic oxidation sites excluding steroid dienone is 2. The molecule has 0 aromatic carbocycles. The zero-order valence-electron chi connectivity index (χ0n) is 6.28. The van der Waals surface area contributed by atoms with Gasteiger partial charge in [-0.15, -0.1) is 0 Å². The van der Waals surface area contributed by atoms with E-state index >= 15 is 0 Å². The zero-order chi connectivity index (χ0) is 6.85. The van der Waals surface area contributed by atoms with E-state index in [2.05, 4.69) is 13.8 Å². The summed E-state index contributed by atoms with van der Waals surface area (Å²) in [5, 5.41) is 0. The monoisotopic (exact) mass is 125 g/mol. The first-order valence-corrected chi connectivity index (χ1v) is 3.59. The number of nitrogens with two attached hydrogens (primary N) is 1. The maximum atomic E-state index is 5.53. The van der Waals surface area contributed by atoms with Crippen LogP contribution in [0, 0.1) is 5.92 Å². The third-order valence-electron chi connectivity index (χ3n) is 2.25. The van der Waals surface area contributed by atoms with Crippen molar-refractivity contribution in [3.8, 4) is 0 Å². The molecule has 52 valence electrons. The topological polar surface area (TPSA) is 26.0 Å². The molecular weight excluding hydrogens is 110 g/mol. The van der Waals surface area contributed by atoms with Gasteiger partial charge in [-0.3, -0.25) is 0 Å². The molecule has 1 heteroatoms. The van der Waals surface area contributed by atoms with Gasteiger partial charge in [-0.25, -0.2) is 0 Å².